The molecule has 2 aromatic rings. The van der Waals surface area contributed by atoms with Crippen LogP contribution in [0, 0.1) is 6.92 Å². The van der Waals surface area contributed by atoms with Crippen LogP contribution in [0.5, 0.6) is 0 Å². The molecule has 2 amide bonds. The highest BCUT2D eigenvalue weighted by Gasteiger charge is 2.28. The van der Waals surface area contributed by atoms with Crippen LogP contribution in [-0.4, -0.2) is 46.6 Å². The molecule has 2 N–H and O–H groups in total. The van der Waals surface area contributed by atoms with Crippen molar-refractivity contribution < 1.29 is 14.1 Å². The lowest BCUT2D eigenvalue weighted by Gasteiger charge is -2.35. The lowest BCUT2D eigenvalue weighted by molar-refractivity contribution is -0.118. The molecule has 26 heavy (non-hydrogen) atoms. The third-order valence-electron chi connectivity index (χ3n) is 4.82. The molecule has 1 aliphatic heterocycles. The molecule has 0 aromatic carbocycles. The van der Waals surface area contributed by atoms with Crippen molar-refractivity contribution in [1.29, 1.82) is 0 Å². The van der Waals surface area contributed by atoms with Gasteiger partial charge in [0.05, 0.1) is 12.6 Å². The Hall–Kier alpha value is -2.61. The molecule has 3 rings (SSSR count). The average Bonchev–Trinajstić information content (AvgIpc) is 3.20. The maximum atomic E-state index is 12.4. The first kappa shape index (κ1) is 18.2. The Morgan fingerprint density at radius 3 is 2.85 bits per heavy atom. The number of rotatable bonds is 5. The summed E-state index contributed by atoms with van der Waals surface area (Å²) in [4.78, 5) is 26.5. The first-order valence-electron chi connectivity index (χ1n) is 8.84. The molecule has 8 heteroatoms. The van der Waals surface area contributed by atoms with Crippen LogP contribution in [0.1, 0.15) is 47.2 Å². The number of hydrogen-bond acceptors (Lipinski definition) is 5. The summed E-state index contributed by atoms with van der Waals surface area (Å²) in [6.45, 7) is 2.90. The molecule has 8 nitrogen and oxygen atoms in total. The Bertz CT molecular complexity index is 795. The summed E-state index contributed by atoms with van der Waals surface area (Å²) in [5.74, 6) is 0.856. The van der Waals surface area contributed by atoms with E-state index in [-0.39, 0.29) is 24.4 Å². The van der Waals surface area contributed by atoms with Crippen molar-refractivity contribution in [2.45, 2.75) is 32.2 Å². The molecule has 0 aliphatic carbocycles. The second-order valence-corrected chi connectivity index (χ2v) is 6.63. The number of piperidine rings is 1. The van der Waals surface area contributed by atoms with E-state index in [1.54, 1.807) is 20.0 Å². The van der Waals surface area contributed by atoms with E-state index in [2.05, 4.69) is 20.7 Å². The Balaban J connectivity index is 1.73. The van der Waals surface area contributed by atoms with Crippen molar-refractivity contribution in [3.8, 4) is 0 Å². The van der Waals surface area contributed by atoms with E-state index in [0.717, 1.165) is 31.5 Å². The number of aryl methyl sites for hydroxylation is 1. The maximum absolute atomic E-state index is 12.4. The molecular formula is C18H25N5O3. The number of amides is 2. The van der Waals surface area contributed by atoms with Gasteiger partial charge in [0.25, 0.3) is 5.91 Å². The fourth-order valence-corrected chi connectivity index (χ4v) is 3.53. The molecule has 140 valence electrons. The minimum atomic E-state index is -0.120. The van der Waals surface area contributed by atoms with Crippen LogP contribution >= 0.6 is 0 Å². The van der Waals surface area contributed by atoms with Gasteiger partial charge >= 0.3 is 0 Å². The Morgan fingerprint density at radius 2 is 2.15 bits per heavy atom. The van der Waals surface area contributed by atoms with E-state index in [1.165, 1.54) is 0 Å². The third kappa shape index (κ3) is 3.80. The second-order valence-electron chi connectivity index (χ2n) is 6.63. The van der Waals surface area contributed by atoms with Gasteiger partial charge < -0.3 is 19.7 Å². The van der Waals surface area contributed by atoms with Gasteiger partial charge in [0.15, 0.2) is 5.82 Å². The molecule has 1 fully saturated rings. The molecule has 1 unspecified atom stereocenters. The molecule has 0 bridgehead atoms. The summed E-state index contributed by atoms with van der Waals surface area (Å²) in [7, 11) is 3.52. The summed E-state index contributed by atoms with van der Waals surface area (Å²) in [6, 6.07) is 5.61. The molecule has 3 heterocycles. The first-order valence-corrected chi connectivity index (χ1v) is 8.84. The van der Waals surface area contributed by atoms with Gasteiger partial charge in [-0.25, -0.2) is 0 Å². The Kier molecular flexibility index (Phi) is 5.41. The predicted molar refractivity (Wildman–Crippen MR) is 96.8 cm³/mol. The zero-order chi connectivity index (χ0) is 18.7. The van der Waals surface area contributed by atoms with E-state index in [4.69, 9.17) is 4.52 Å². The van der Waals surface area contributed by atoms with Gasteiger partial charge in [0.1, 0.15) is 11.5 Å². The summed E-state index contributed by atoms with van der Waals surface area (Å²) in [5.41, 5.74) is 1.67. The third-order valence-corrected chi connectivity index (χ3v) is 4.82. The molecule has 1 atom stereocenters. The summed E-state index contributed by atoms with van der Waals surface area (Å²) in [6.07, 6.45) is 3.12. The van der Waals surface area contributed by atoms with Crippen LogP contribution in [0.3, 0.4) is 0 Å². The van der Waals surface area contributed by atoms with Crippen LogP contribution in [0.25, 0.3) is 0 Å². The highest BCUT2D eigenvalue weighted by molar-refractivity contribution is 5.93. The number of hydrogen-bond donors (Lipinski definition) is 2. The molecule has 0 saturated carbocycles. The van der Waals surface area contributed by atoms with Crippen LogP contribution < -0.4 is 10.6 Å². The molecule has 1 saturated heterocycles. The summed E-state index contributed by atoms with van der Waals surface area (Å²) in [5, 5.41) is 9.23. The Labute approximate surface area is 152 Å². The fourth-order valence-electron chi connectivity index (χ4n) is 3.53. The number of anilines is 1. The quantitative estimate of drug-likeness (QED) is 0.850. The topological polar surface area (TPSA) is 92.4 Å². The van der Waals surface area contributed by atoms with Crippen molar-refractivity contribution >= 4 is 17.6 Å². The van der Waals surface area contributed by atoms with Crippen molar-refractivity contribution in [2.75, 3.05) is 25.5 Å². The average molecular weight is 359 g/mol. The highest BCUT2D eigenvalue weighted by Crippen LogP contribution is 2.31. The van der Waals surface area contributed by atoms with Gasteiger partial charge in [-0.15, -0.1) is 0 Å². The number of aromatic nitrogens is 2. The molecule has 0 spiro atoms. The van der Waals surface area contributed by atoms with E-state index in [1.807, 2.05) is 23.7 Å². The van der Waals surface area contributed by atoms with Gasteiger partial charge in [-0.2, -0.15) is 0 Å². The normalized spacial score (nSPS) is 17.9. The van der Waals surface area contributed by atoms with Crippen molar-refractivity contribution in [3.05, 3.63) is 35.3 Å². The Morgan fingerprint density at radius 1 is 1.35 bits per heavy atom. The van der Waals surface area contributed by atoms with Crippen molar-refractivity contribution in [3.63, 3.8) is 0 Å². The first-order chi connectivity index (χ1) is 12.5. The van der Waals surface area contributed by atoms with Crippen molar-refractivity contribution in [1.82, 2.24) is 19.9 Å². The summed E-state index contributed by atoms with van der Waals surface area (Å²) < 4.78 is 6.90. The standard InChI is InChI=1S/C18H25N5O3/c1-12-10-16(21-26-12)20-17(24)11-23-9-5-4-6-14(23)13-7-8-15(22(13)3)18(25)19-2/h7-8,10,14H,4-6,9,11H2,1-3H3,(H,19,25)(H,20,21,24). The zero-order valence-electron chi connectivity index (χ0n) is 15.4. The van der Waals surface area contributed by atoms with Crippen LogP contribution in [0.4, 0.5) is 5.82 Å². The van der Waals surface area contributed by atoms with Crippen molar-refractivity contribution in [2.24, 2.45) is 7.05 Å². The number of nitrogens with zero attached hydrogens (tertiary/aromatic N) is 3. The number of likely N-dealkylation sites (tertiary alicyclic amines) is 1. The van der Waals surface area contributed by atoms with E-state index in [9.17, 15) is 9.59 Å². The monoisotopic (exact) mass is 359 g/mol. The van der Waals surface area contributed by atoms with Gasteiger partial charge in [0.2, 0.25) is 5.91 Å². The highest BCUT2D eigenvalue weighted by atomic mass is 16.5. The minimum Gasteiger partial charge on any atom is -0.360 e. The second kappa shape index (κ2) is 7.74. The van der Waals surface area contributed by atoms with Crippen LogP contribution in [0.15, 0.2) is 22.7 Å². The lowest BCUT2D eigenvalue weighted by Crippen LogP contribution is -2.40. The van der Waals surface area contributed by atoms with Gasteiger partial charge in [-0.05, 0) is 38.4 Å². The van der Waals surface area contributed by atoms with E-state index in [0.29, 0.717) is 17.3 Å². The number of carbonyl (C=O) groups is 2. The lowest BCUT2D eigenvalue weighted by atomic mass is 9.99. The van der Waals surface area contributed by atoms with Gasteiger partial charge in [0, 0.05) is 25.9 Å². The van der Waals surface area contributed by atoms with E-state index < -0.39 is 0 Å². The molecule has 0 radical (unpaired) electrons. The minimum absolute atomic E-state index is 0.108. The van der Waals surface area contributed by atoms with Crippen LogP contribution in [0.2, 0.25) is 0 Å². The molecular weight excluding hydrogens is 334 g/mol. The number of nitrogens with one attached hydrogen (secondary N) is 2. The summed E-state index contributed by atoms with van der Waals surface area (Å²) >= 11 is 0. The maximum Gasteiger partial charge on any atom is 0.267 e. The van der Waals surface area contributed by atoms with Gasteiger partial charge in [-0.3, -0.25) is 14.5 Å². The number of carbonyl (C=O) groups excluding carboxylic acids is 2. The van der Waals surface area contributed by atoms with Crippen LogP contribution in [-0.2, 0) is 11.8 Å². The fraction of sp³-hybridized carbons (Fsp3) is 0.500. The van der Waals surface area contributed by atoms with E-state index >= 15 is 0 Å². The largest absolute Gasteiger partial charge is 0.360 e. The smallest absolute Gasteiger partial charge is 0.267 e. The molecule has 2 aromatic heterocycles. The molecule has 1 aliphatic rings. The van der Waals surface area contributed by atoms with Gasteiger partial charge in [-0.1, -0.05) is 11.6 Å². The zero-order valence-corrected chi connectivity index (χ0v) is 15.4. The predicted octanol–water partition coefficient (Wildman–Crippen LogP) is 1.85. The SMILES string of the molecule is CNC(=O)c1ccc(C2CCCCN2CC(=O)Nc2cc(C)on2)n1C.